The highest BCUT2D eigenvalue weighted by atomic mass is 79.9. The maximum atomic E-state index is 12.1. The summed E-state index contributed by atoms with van der Waals surface area (Å²) in [6.07, 6.45) is 9.34. The van der Waals surface area contributed by atoms with Crippen LogP contribution in [0.15, 0.2) is 11.6 Å². The summed E-state index contributed by atoms with van der Waals surface area (Å²) in [5.41, 5.74) is 1.08. The number of hydrogen-bond donors (Lipinski definition) is 0. The Bertz CT molecular complexity index is 770. The Morgan fingerprint density at radius 1 is 1.03 bits per heavy atom. The number of carbonyl (C=O) groups excluding carboxylic acids is 1. The van der Waals surface area contributed by atoms with Crippen LogP contribution < -0.4 is 0 Å². The third kappa shape index (κ3) is 2.18. The van der Waals surface area contributed by atoms with Crippen LogP contribution in [0.1, 0.15) is 58.8 Å². The summed E-state index contributed by atoms with van der Waals surface area (Å²) in [6, 6.07) is 0. The third-order valence-corrected chi connectivity index (χ3v) is 10.9. The molecule has 5 fully saturated rings. The van der Waals surface area contributed by atoms with Crippen LogP contribution in [0.5, 0.6) is 0 Å². The van der Waals surface area contributed by atoms with Crippen LogP contribution in [-0.4, -0.2) is 42.2 Å². The summed E-state index contributed by atoms with van der Waals surface area (Å²) in [4.78, 5) is 12.3. The number of hydrogen-bond acceptors (Lipinski definition) is 5. The first kappa shape index (κ1) is 19.4. The van der Waals surface area contributed by atoms with Crippen LogP contribution in [0.4, 0.5) is 0 Å². The van der Waals surface area contributed by atoms with Crippen molar-refractivity contribution < 1.29 is 23.7 Å². The lowest BCUT2D eigenvalue weighted by atomic mass is 9.46. The highest BCUT2D eigenvalue weighted by Crippen LogP contribution is 2.72. The van der Waals surface area contributed by atoms with E-state index in [9.17, 15) is 4.79 Å². The molecule has 0 amide bonds. The predicted octanol–water partition coefficient (Wildman–Crippen LogP) is 4.34. The molecule has 5 nitrogen and oxygen atoms in total. The fourth-order valence-electron chi connectivity index (χ4n) is 8.54. The van der Waals surface area contributed by atoms with Crippen molar-refractivity contribution in [2.45, 2.75) is 75.0 Å². The van der Waals surface area contributed by atoms with Gasteiger partial charge in [0.05, 0.1) is 4.83 Å². The van der Waals surface area contributed by atoms with Crippen LogP contribution >= 0.6 is 15.9 Å². The number of alkyl halides is 1. The monoisotopic (exact) mass is 466 g/mol. The quantitative estimate of drug-likeness (QED) is 0.497. The second kappa shape index (κ2) is 6.16. The summed E-state index contributed by atoms with van der Waals surface area (Å²) < 4.78 is 24.4. The SMILES string of the molecule is C[C@]12CCC(=O)C=C1CC[C@@H]1[C@@H]2CC[C@@]2(C)[C@H]1C[C@@H](Br)[C@]21OCO[C@]12COCO2. The topological polar surface area (TPSA) is 54.0 Å². The van der Waals surface area contributed by atoms with Gasteiger partial charge in [-0.1, -0.05) is 35.4 Å². The highest BCUT2D eigenvalue weighted by molar-refractivity contribution is 9.09. The lowest BCUT2D eigenvalue weighted by Gasteiger charge is -2.60. The van der Waals surface area contributed by atoms with Crippen LogP contribution in [0.3, 0.4) is 0 Å². The second-order valence-electron chi connectivity index (χ2n) is 10.6. The average molecular weight is 467 g/mol. The van der Waals surface area contributed by atoms with Gasteiger partial charge >= 0.3 is 0 Å². The van der Waals surface area contributed by atoms with E-state index < -0.39 is 11.4 Å². The van der Waals surface area contributed by atoms with E-state index in [1.165, 1.54) is 18.4 Å². The zero-order valence-electron chi connectivity index (χ0n) is 17.4. The van der Waals surface area contributed by atoms with Gasteiger partial charge in [-0.25, -0.2) is 0 Å². The summed E-state index contributed by atoms with van der Waals surface area (Å²) in [7, 11) is 0. The fourth-order valence-corrected chi connectivity index (χ4v) is 9.94. The largest absolute Gasteiger partial charge is 0.350 e. The van der Waals surface area contributed by atoms with Gasteiger partial charge in [0, 0.05) is 11.8 Å². The van der Waals surface area contributed by atoms with Crippen molar-refractivity contribution in [2.75, 3.05) is 20.2 Å². The number of rotatable bonds is 0. The molecular formula is C23H31BrO5. The fraction of sp³-hybridized carbons (Fsp3) is 0.870. The van der Waals surface area contributed by atoms with Crippen LogP contribution in [0, 0.1) is 28.6 Å². The molecule has 0 radical (unpaired) electrons. The van der Waals surface area contributed by atoms with Gasteiger partial charge in [0.15, 0.2) is 19.4 Å². The molecule has 2 heterocycles. The molecule has 8 atom stereocenters. The van der Waals surface area contributed by atoms with E-state index in [0.717, 1.165) is 25.7 Å². The molecule has 6 heteroatoms. The first-order valence-corrected chi connectivity index (χ1v) is 12.2. The maximum absolute atomic E-state index is 12.1. The standard InChI is InChI=1S/C23H31BrO5/c1-20-7-5-15(25)9-14(20)3-4-16-17(20)6-8-21(2)18(16)10-19(24)23(21)22(28-13-29-23)11-26-12-27-22/h9,16-19H,3-8,10-13H2,1-2H3/t16-,17+,18+,19-,20+,21+,22-,23+/m1/s1. The van der Waals surface area contributed by atoms with Crippen LogP contribution in [0.25, 0.3) is 0 Å². The van der Waals surface area contributed by atoms with E-state index in [4.69, 9.17) is 18.9 Å². The van der Waals surface area contributed by atoms with Crippen molar-refractivity contribution in [1.82, 2.24) is 0 Å². The number of halogens is 1. The molecule has 0 aromatic rings. The van der Waals surface area contributed by atoms with E-state index in [-0.39, 0.29) is 29.2 Å². The molecule has 0 aromatic carbocycles. The maximum Gasteiger partial charge on any atom is 0.227 e. The zero-order chi connectivity index (χ0) is 20.1. The van der Waals surface area contributed by atoms with Gasteiger partial charge < -0.3 is 18.9 Å². The molecule has 0 N–H and O–H groups in total. The molecule has 2 spiro atoms. The van der Waals surface area contributed by atoms with Crippen molar-refractivity contribution in [3.63, 3.8) is 0 Å². The Morgan fingerprint density at radius 2 is 1.86 bits per heavy atom. The first-order valence-electron chi connectivity index (χ1n) is 11.2. The van der Waals surface area contributed by atoms with E-state index in [1.54, 1.807) is 0 Å². The molecule has 6 aliphatic rings. The van der Waals surface area contributed by atoms with Gasteiger partial charge in [-0.05, 0) is 67.8 Å². The van der Waals surface area contributed by atoms with Gasteiger partial charge in [0.2, 0.25) is 5.79 Å². The first-order chi connectivity index (χ1) is 13.9. The molecule has 0 bridgehead atoms. The number of ether oxygens (including phenoxy) is 4. The molecule has 2 saturated heterocycles. The number of ketones is 1. The zero-order valence-corrected chi connectivity index (χ0v) is 19.0. The average Bonchev–Trinajstić information content (AvgIpc) is 3.38. The third-order valence-electron chi connectivity index (χ3n) is 9.91. The number of allylic oxidation sites excluding steroid dienone is 1. The van der Waals surface area contributed by atoms with E-state index >= 15 is 0 Å². The Labute approximate surface area is 181 Å². The summed E-state index contributed by atoms with van der Waals surface area (Å²) in [5.74, 6) is 1.41. The highest BCUT2D eigenvalue weighted by Gasteiger charge is 2.78. The van der Waals surface area contributed by atoms with E-state index in [1.807, 2.05) is 6.08 Å². The molecule has 0 unspecified atom stereocenters. The number of fused-ring (bicyclic) bond motifs is 7. The normalized spacial score (nSPS) is 56.4. The van der Waals surface area contributed by atoms with Gasteiger partial charge in [-0.2, -0.15) is 0 Å². The molecule has 3 saturated carbocycles. The van der Waals surface area contributed by atoms with Gasteiger partial charge in [0.25, 0.3) is 0 Å². The molecule has 29 heavy (non-hydrogen) atoms. The lowest BCUT2D eigenvalue weighted by molar-refractivity contribution is -0.246. The van der Waals surface area contributed by atoms with Gasteiger partial charge in [-0.15, -0.1) is 0 Å². The Hall–Kier alpha value is -0.270. The molecule has 4 aliphatic carbocycles. The van der Waals surface area contributed by atoms with E-state index in [2.05, 4.69) is 29.8 Å². The van der Waals surface area contributed by atoms with Crippen molar-refractivity contribution in [2.24, 2.45) is 28.6 Å². The second-order valence-corrected chi connectivity index (χ2v) is 11.7. The molecule has 0 aromatic heterocycles. The molecule has 6 rings (SSSR count). The van der Waals surface area contributed by atoms with Gasteiger partial charge in [-0.3, -0.25) is 4.79 Å². The summed E-state index contributed by atoms with van der Waals surface area (Å²) in [6.45, 7) is 5.85. The van der Waals surface area contributed by atoms with Crippen molar-refractivity contribution in [1.29, 1.82) is 0 Å². The Kier molecular flexibility index (Phi) is 4.12. The molecule has 160 valence electrons. The predicted molar refractivity (Wildman–Crippen MR) is 109 cm³/mol. The minimum Gasteiger partial charge on any atom is -0.350 e. The minimum atomic E-state index is -0.793. The smallest absolute Gasteiger partial charge is 0.227 e. The molecular weight excluding hydrogens is 436 g/mol. The molecule has 2 aliphatic heterocycles. The minimum absolute atomic E-state index is 0.0192. The van der Waals surface area contributed by atoms with Crippen molar-refractivity contribution in [3.05, 3.63) is 11.6 Å². The van der Waals surface area contributed by atoms with Crippen molar-refractivity contribution >= 4 is 21.7 Å². The van der Waals surface area contributed by atoms with Crippen molar-refractivity contribution in [3.8, 4) is 0 Å². The lowest BCUT2D eigenvalue weighted by Crippen LogP contribution is -2.66. The van der Waals surface area contributed by atoms with Crippen LogP contribution in [-0.2, 0) is 23.7 Å². The van der Waals surface area contributed by atoms with E-state index in [0.29, 0.717) is 36.6 Å². The van der Waals surface area contributed by atoms with Gasteiger partial charge in [0.1, 0.15) is 12.2 Å². The number of carbonyl (C=O) groups is 1. The Balaban J connectivity index is 1.40. The summed E-state index contributed by atoms with van der Waals surface area (Å²) >= 11 is 4.04. The Morgan fingerprint density at radius 3 is 2.66 bits per heavy atom. The summed E-state index contributed by atoms with van der Waals surface area (Å²) in [5, 5.41) is 0. The van der Waals surface area contributed by atoms with Crippen LogP contribution in [0.2, 0.25) is 0 Å².